The van der Waals surface area contributed by atoms with Gasteiger partial charge in [-0.05, 0) is 25.7 Å². The molecular weight excluding hydrogens is 1170 g/mol. The summed E-state index contributed by atoms with van der Waals surface area (Å²) in [6.07, 6.45) is 64.1. The maximum atomic E-state index is 13.3. The van der Waals surface area contributed by atoms with Crippen LogP contribution in [0.4, 0.5) is 0 Å². The first-order valence-electron chi connectivity index (χ1n) is 38.4. The topological polar surface area (TPSA) is 146 Å². The van der Waals surface area contributed by atoms with Crippen LogP contribution in [0.25, 0.3) is 0 Å². The fourth-order valence-corrected chi connectivity index (χ4v) is 16.9. The van der Waals surface area contributed by atoms with Gasteiger partial charge in [-0.15, -0.1) is 0 Å². The van der Waals surface area contributed by atoms with Gasteiger partial charge in [-0.1, -0.05) is 379 Å². The Morgan fingerprint density at radius 2 is 0.477 bits per heavy atom. The number of aliphatic hydroxyl groups is 4. The van der Waals surface area contributed by atoms with Crippen LogP contribution in [0, 0.1) is 0 Å². The van der Waals surface area contributed by atoms with Crippen LogP contribution in [-0.2, 0) is 9.59 Å². The molecule has 10 nitrogen and oxygen atoms in total. The van der Waals surface area contributed by atoms with Crippen molar-refractivity contribution < 1.29 is 30.0 Å². The summed E-state index contributed by atoms with van der Waals surface area (Å²) in [5.74, 6) is 2.28. The SMILES string of the molecule is CCCCCCCCCCCCCCC(O)CN(CCSSCC1NC(=O)C(CSSCCN(CC(O)CCCCCCCCCCCCCC)CC(O)CCCCCCCCCCCCCC)NC1=O)CC(O)CCCCCCCCCCCCCC. The normalized spacial score (nSPS) is 16.0. The van der Waals surface area contributed by atoms with E-state index < -0.39 is 36.5 Å². The highest BCUT2D eigenvalue weighted by Crippen LogP contribution is 2.27. The van der Waals surface area contributed by atoms with E-state index in [-0.39, 0.29) is 11.8 Å². The molecule has 6 N–H and O–H groups in total. The number of carbonyl (C=O) groups excluding carboxylic acids is 2. The smallest absolute Gasteiger partial charge is 0.244 e. The van der Waals surface area contributed by atoms with Gasteiger partial charge in [-0.25, -0.2) is 0 Å². The first-order chi connectivity index (χ1) is 43.1. The molecule has 6 unspecified atom stereocenters. The van der Waals surface area contributed by atoms with E-state index in [4.69, 9.17) is 0 Å². The van der Waals surface area contributed by atoms with Gasteiger partial charge < -0.3 is 31.1 Å². The Balaban J connectivity index is 2.57. The van der Waals surface area contributed by atoms with Crippen molar-refractivity contribution in [3.63, 3.8) is 0 Å². The van der Waals surface area contributed by atoms with Gasteiger partial charge in [0, 0.05) is 62.3 Å². The van der Waals surface area contributed by atoms with E-state index in [2.05, 4.69) is 48.1 Å². The minimum absolute atomic E-state index is 0.137. The molecule has 0 bridgehead atoms. The lowest BCUT2D eigenvalue weighted by molar-refractivity contribution is -0.135. The third-order valence-electron chi connectivity index (χ3n) is 18.3. The van der Waals surface area contributed by atoms with Crippen molar-refractivity contribution in [2.24, 2.45) is 0 Å². The zero-order valence-corrected chi connectivity index (χ0v) is 61.7. The number of nitrogens with zero attached hydrogens (tertiary/aromatic N) is 2. The monoisotopic (exact) mass is 1320 g/mol. The van der Waals surface area contributed by atoms with E-state index in [0.29, 0.717) is 37.7 Å². The van der Waals surface area contributed by atoms with Crippen molar-refractivity contribution in [1.82, 2.24) is 20.4 Å². The number of hydrogen-bond donors (Lipinski definition) is 6. The largest absolute Gasteiger partial charge is 0.392 e. The average molecular weight is 1320 g/mol. The lowest BCUT2D eigenvalue weighted by Gasteiger charge is -2.29. The minimum atomic E-state index is -0.582. The third kappa shape index (κ3) is 57.5. The Labute approximate surface area is 562 Å². The van der Waals surface area contributed by atoms with E-state index in [1.54, 1.807) is 43.2 Å². The predicted molar refractivity (Wildman–Crippen MR) is 393 cm³/mol. The summed E-state index contributed by atoms with van der Waals surface area (Å²) < 4.78 is 0. The fourth-order valence-electron chi connectivity index (χ4n) is 12.5. The maximum Gasteiger partial charge on any atom is 0.244 e. The Kier molecular flexibility index (Phi) is 65.7. The number of amides is 2. The van der Waals surface area contributed by atoms with E-state index >= 15 is 0 Å². The standard InChI is InChI=1S/C74H148N4O6S4/c1-5-9-13-17-21-25-29-33-37-41-45-49-53-67(79)61-77(62-68(80)54-50-46-42-38-34-30-26-22-18-14-10-6-2)57-59-85-87-65-71-73(83)76-72(74(84)75-71)66-88-86-60-58-78(63-69(81)55-51-47-43-39-35-31-27-23-19-15-11-7-3)64-70(82)56-52-48-44-40-36-32-28-24-20-16-12-8-4/h67-72,79-82H,5-66H2,1-4H3,(H,75,84)(H,76,83). The zero-order chi connectivity index (χ0) is 63.9. The van der Waals surface area contributed by atoms with Crippen molar-refractivity contribution in [3.8, 4) is 0 Å². The van der Waals surface area contributed by atoms with Crippen LogP contribution < -0.4 is 10.6 Å². The molecule has 1 aliphatic heterocycles. The van der Waals surface area contributed by atoms with Crippen LogP contribution in [0.3, 0.4) is 0 Å². The minimum Gasteiger partial charge on any atom is -0.392 e. The summed E-state index contributed by atoms with van der Waals surface area (Å²) in [6, 6.07) is -1.16. The molecule has 2 amide bonds. The van der Waals surface area contributed by atoms with Crippen LogP contribution in [0.1, 0.15) is 362 Å². The molecule has 0 aliphatic carbocycles. The summed E-state index contributed by atoms with van der Waals surface area (Å²) in [5, 5.41) is 50.8. The van der Waals surface area contributed by atoms with Gasteiger partial charge in [0.25, 0.3) is 0 Å². The van der Waals surface area contributed by atoms with Crippen molar-refractivity contribution in [3.05, 3.63) is 0 Å². The molecule has 0 aromatic carbocycles. The molecule has 6 atom stereocenters. The molecule has 0 aromatic rings. The van der Waals surface area contributed by atoms with Crippen molar-refractivity contribution >= 4 is 55.0 Å². The van der Waals surface area contributed by atoms with Gasteiger partial charge in [-0.3, -0.25) is 19.4 Å². The van der Waals surface area contributed by atoms with Gasteiger partial charge in [0.2, 0.25) is 11.8 Å². The number of unbranched alkanes of at least 4 members (excludes halogenated alkanes) is 44. The third-order valence-corrected chi connectivity index (χ3v) is 23.1. The molecule has 1 fully saturated rings. The number of piperazine rings is 1. The van der Waals surface area contributed by atoms with Gasteiger partial charge in [0.15, 0.2) is 0 Å². The summed E-state index contributed by atoms with van der Waals surface area (Å²) in [4.78, 5) is 31.2. The summed E-state index contributed by atoms with van der Waals surface area (Å²) in [6.45, 7) is 12.9. The van der Waals surface area contributed by atoms with Gasteiger partial charge >= 0.3 is 0 Å². The van der Waals surface area contributed by atoms with Gasteiger partial charge in [0.1, 0.15) is 12.1 Å². The second kappa shape index (κ2) is 67.1. The highest BCUT2D eigenvalue weighted by molar-refractivity contribution is 8.77. The second-order valence-electron chi connectivity index (χ2n) is 27.2. The highest BCUT2D eigenvalue weighted by atomic mass is 33.1. The van der Waals surface area contributed by atoms with Gasteiger partial charge in [0.05, 0.1) is 24.4 Å². The fraction of sp³-hybridized carbons (Fsp3) is 0.973. The first-order valence-corrected chi connectivity index (χ1v) is 43.4. The van der Waals surface area contributed by atoms with Gasteiger partial charge in [-0.2, -0.15) is 0 Å². The number of hydrogen-bond acceptors (Lipinski definition) is 12. The molecule has 1 aliphatic rings. The molecule has 1 heterocycles. The Morgan fingerprint density at radius 1 is 0.295 bits per heavy atom. The molecular formula is C74H148N4O6S4. The van der Waals surface area contributed by atoms with Crippen LogP contribution in [0.2, 0.25) is 0 Å². The quantitative estimate of drug-likeness (QED) is 0.0255. The summed E-state index contributed by atoms with van der Waals surface area (Å²) in [5.41, 5.74) is 0. The molecule has 0 saturated carbocycles. The number of nitrogens with one attached hydrogen (secondary N) is 2. The maximum absolute atomic E-state index is 13.3. The van der Waals surface area contributed by atoms with E-state index in [1.165, 1.54) is 283 Å². The number of carbonyl (C=O) groups is 2. The molecule has 0 radical (unpaired) electrons. The average Bonchev–Trinajstić information content (AvgIpc) is 3.67. The summed E-state index contributed by atoms with van der Waals surface area (Å²) >= 11 is 0. The first kappa shape index (κ1) is 86.1. The Morgan fingerprint density at radius 3 is 0.670 bits per heavy atom. The van der Waals surface area contributed by atoms with Crippen molar-refractivity contribution in [2.75, 3.05) is 62.3 Å². The highest BCUT2D eigenvalue weighted by Gasteiger charge is 2.33. The zero-order valence-electron chi connectivity index (χ0n) is 58.4. The van der Waals surface area contributed by atoms with Crippen LogP contribution in [0.15, 0.2) is 0 Å². The molecule has 14 heteroatoms. The molecule has 0 spiro atoms. The van der Waals surface area contributed by atoms with Crippen LogP contribution >= 0.6 is 43.2 Å². The van der Waals surface area contributed by atoms with Crippen molar-refractivity contribution in [2.45, 2.75) is 398 Å². The molecule has 0 aromatic heterocycles. The van der Waals surface area contributed by atoms with Crippen molar-refractivity contribution in [1.29, 1.82) is 0 Å². The molecule has 524 valence electrons. The van der Waals surface area contributed by atoms with E-state index in [0.717, 1.165) is 76.0 Å². The van der Waals surface area contributed by atoms with E-state index in [1.807, 2.05) is 0 Å². The van der Waals surface area contributed by atoms with E-state index in [9.17, 15) is 30.0 Å². The molecule has 1 saturated heterocycles. The number of rotatable bonds is 72. The molecule has 1 rings (SSSR count). The summed E-state index contributed by atoms with van der Waals surface area (Å²) in [7, 11) is 6.60. The Bertz CT molecular complexity index is 1290. The van der Waals surface area contributed by atoms with Crippen LogP contribution in [-0.4, -0.2) is 141 Å². The lowest BCUT2D eigenvalue weighted by atomic mass is 10.0. The molecule has 88 heavy (non-hydrogen) atoms. The predicted octanol–water partition coefficient (Wildman–Crippen LogP) is 20.1. The van der Waals surface area contributed by atoms with Crippen LogP contribution in [0.5, 0.6) is 0 Å². The second-order valence-corrected chi connectivity index (χ2v) is 32.4. The number of aliphatic hydroxyl groups excluding tert-OH is 4. The lowest BCUT2D eigenvalue weighted by Crippen LogP contribution is -2.63. The Hall–Kier alpha value is 0.1000.